The van der Waals surface area contributed by atoms with Crippen LogP contribution in [0.1, 0.15) is 46.2 Å². The minimum atomic E-state index is -0.0763. The Hall–Kier alpha value is -2.38. The van der Waals surface area contributed by atoms with Crippen molar-refractivity contribution < 1.29 is 9.53 Å². The molecule has 1 atom stereocenters. The van der Waals surface area contributed by atoms with E-state index in [0.29, 0.717) is 12.2 Å². The van der Waals surface area contributed by atoms with Crippen LogP contribution in [-0.4, -0.2) is 67.9 Å². The maximum absolute atomic E-state index is 12.9. The molecule has 1 amide bonds. The fraction of sp³-hybridized carbons (Fsp3) is 0.545. The predicted molar refractivity (Wildman–Crippen MR) is 113 cm³/mol. The highest BCUT2D eigenvalue weighted by Crippen LogP contribution is 2.25. The lowest BCUT2D eigenvalue weighted by atomic mass is 9.95. The molecule has 7 heteroatoms. The largest absolute Gasteiger partial charge is 0.379 e. The molecule has 4 rings (SSSR count). The van der Waals surface area contributed by atoms with Gasteiger partial charge in [0.2, 0.25) is 0 Å². The van der Waals surface area contributed by atoms with Gasteiger partial charge in [0.25, 0.3) is 5.91 Å². The van der Waals surface area contributed by atoms with Gasteiger partial charge >= 0.3 is 0 Å². The van der Waals surface area contributed by atoms with E-state index >= 15 is 0 Å². The summed E-state index contributed by atoms with van der Waals surface area (Å²) >= 11 is 0. The predicted octanol–water partition coefficient (Wildman–Crippen LogP) is 2.16. The number of morpholine rings is 1. The molecule has 29 heavy (non-hydrogen) atoms. The van der Waals surface area contributed by atoms with Gasteiger partial charge in [0.05, 0.1) is 19.3 Å². The Morgan fingerprint density at radius 2 is 1.93 bits per heavy atom. The molecule has 0 bridgehead atoms. The van der Waals surface area contributed by atoms with E-state index in [4.69, 9.17) is 4.74 Å². The molecule has 0 spiro atoms. The van der Waals surface area contributed by atoms with Gasteiger partial charge in [-0.15, -0.1) is 0 Å². The number of aromatic nitrogens is 2. The second-order valence-electron chi connectivity index (χ2n) is 8.10. The normalized spacial score (nSPS) is 18.1. The SMILES string of the molecule is CN(C)c1ccc(C(CNC(=O)c2n[nH]c3c2CCCC3)N2CCOCC2)cc1. The Kier molecular flexibility index (Phi) is 6.16. The van der Waals surface area contributed by atoms with Crippen LogP contribution in [0, 0.1) is 0 Å². The third-order valence-electron chi connectivity index (χ3n) is 6.01. The van der Waals surface area contributed by atoms with E-state index in [9.17, 15) is 4.79 Å². The van der Waals surface area contributed by atoms with Crippen molar-refractivity contribution in [3.8, 4) is 0 Å². The third-order valence-corrected chi connectivity index (χ3v) is 6.01. The average molecular weight is 398 g/mol. The summed E-state index contributed by atoms with van der Waals surface area (Å²) in [6, 6.07) is 8.72. The van der Waals surface area contributed by atoms with Crippen LogP contribution in [0.4, 0.5) is 5.69 Å². The van der Waals surface area contributed by atoms with Gasteiger partial charge in [-0.25, -0.2) is 0 Å². The summed E-state index contributed by atoms with van der Waals surface area (Å²) in [5.41, 5.74) is 5.18. The van der Waals surface area contributed by atoms with Crippen LogP contribution in [0.2, 0.25) is 0 Å². The number of hydrogen-bond acceptors (Lipinski definition) is 5. The van der Waals surface area contributed by atoms with Crippen molar-refractivity contribution in [1.29, 1.82) is 0 Å². The zero-order valence-electron chi connectivity index (χ0n) is 17.4. The van der Waals surface area contributed by atoms with Crippen LogP contribution < -0.4 is 10.2 Å². The maximum atomic E-state index is 12.9. The number of carbonyl (C=O) groups excluding carboxylic acids is 1. The number of hydrogen-bond donors (Lipinski definition) is 2. The van der Waals surface area contributed by atoms with Crippen LogP contribution in [0.5, 0.6) is 0 Å². The first kappa shape index (κ1) is 19.9. The van der Waals surface area contributed by atoms with Gasteiger partial charge in [0, 0.05) is 50.7 Å². The van der Waals surface area contributed by atoms with E-state index in [2.05, 4.69) is 49.6 Å². The standard InChI is InChI=1S/C22H31N5O2/c1-26(2)17-9-7-16(8-10-17)20(27-11-13-29-14-12-27)15-23-22(28)21-18-5-3-4-6-19(18)24-25-21/h7-10,20H,3-6,11-15H2,1-2H3,(H,23,28)(H,24,25). The summed E-state index contributed by atoms with van der Waals surface area (Å²) in [5.74, 6) is -0.0763. The summed E-state index contributed by atoms with van der Waals surface area (Å²) in [6.45, 7) is 3.75. The topological polar surface area (TPSA) is 73.5 Å². The van der Waals surface area contributed by atoms with Crippen LogP contribution in [-0.2, 0) is 17.6 Å². The van der Waals surface area contributed by atoms with E-state index in [1.807, 2.05) is 14.1 Å². The fourth-order valence-electron chi connectivity index (χ4n) is 4.28. The number of amides is 1. The first-order valence-electron chi connectivity index (χ1n) is 10.6. The molecule has 1 aromatic carbocycles. The molecule has 0 saturated carbocycles. The lowest BCUT2D eigenvalue weighted by molar-refractivity contribution is 0.0162. The van der Waals surface area contributed by atoms with Gasteiger partial charge in [-0.1, -0.05) is 12.1 Å². The molecule has 1 unspecified atom stereocenters. The maximum Gasteiger partial charge on any atom is 0.272 e. The highest BCUT2D eigenvalue weighted by atomic mass is 16.5. The molecule has 2 aromatic rings. The van der Waals surface area contributed by atoms with Crippen molar-refractivity contribution in [1.82, 2.24) is 20.4 Å². The number of ether oxygens (including phenoxy) is 1. The monoisotopic (exact) mass is 397 g/mol. The lowest BCUT2D eigenvalue weighted by Crippen LogP contribution is -2.44. The molecular weight excluding hydrogens is 366 g/mol. The van der Waals surface area contributed by atoms with E-state index in [-0.39, 0.29) is 11.9 Å². The Balaban J connectivity index is 1.49. The van der Waals surface area contributed by atoms with Gasteiger partial charge in [0.1, 0.15) is 0 Å². The number of benzene rings is 1. The summed E-state index contributed by atoms with van der Waals surface area (Å²) in [4.78, 5) is 17.4. The number of nitrogens with zero attached hydrogens (tertiary/aromatic N) is 3. The number of rotatable bonds is 6. The van der Waals surface area contributed by atoms with Gasteiger partial charge < -0.3 is 15.0 Å². The Bertz CT molecular complexity index is 824. The highest BCUT2D eigenvalue weighted by molar-refractivity contribution is 5.94. The smallest absolute Gasteiger partial charge is 0.272 e. The molecule has 1 aliphatic carbocycles. The molecule has 0 radical (unpaired) electrons. The van der Waals surface area contributed by atoms with Gasteiger partial charge in [-0.05, 0) is 43.4 Å². The van der Waals surface area contributed by atoms with Crippen molar-refractivity contribution in [2.24, 2.45) is 0 Å². The molecule has 1 aromatic heterocycles. The molecule has 1 aliphatic heterocycles. The van der Waals surface area contributed by atoms with Crippen molar-refractivity contribution in [2.75, 3.05) is 51.8 Å². The lowest BCUT2D eigenvalue weighted by Gasteiger charge is -2.35. The molecule has 2 N–H and O–H groups in total. The minimum Gasteiger partial charge on any atom is -0.379 e. The average Bonchev–Trinajstić information content (AvgIpc) is 3.19. The number of H-pyrrole nitrogens is 1. The van der Waals surface area contributed by atoms with Crippen molar-refractivity contribution in [3.63, 3.8) is 0 Å². The number of aryl methyl sites for hydroxylation is 1. The summed E-state index contributed by atoms with van der Waals surface area (Å²) in [7, 11) is 4.08. The van der Waals surface area contributed by atoms with E-state index in [1.54, 1.807) is 0 Å². The van der Waals surface area contributed by atoms with E-state index in [0.717, 1.165) is 63.2 Å². The van der Waals surface area contributed by atoms with Crippen molar-refractivity contribution in [2.45, 2.75) is 31.7 Å². The van der Waals surface area contributed by atoms with Crippen LogP contribution in [0.15, 0.2) is 24.3 Å². The van der Waals surface area contributed by atoms with Crippen LogP contribution in [0.25, 0.3) is 0 Å². The van der Waals surface area contributed by atoms with Gasteiger partial charge in [0.15, 0.2) is 5.69 Å². The summed E-state index contributed by atoms with van der Waals surface area (Å²) in [6.07, 6.45) is 4.22. The van der Waals surface area contributed by atoms with Gasteiger partial charge in [-0.2, -0.15) is 5.10 Å². The zero-order chi connectivity index (χ0) is 20.2. The van der Waals surface area contributed by atoms with Crippen molar-refractivity contribution in [3.05, 3.63) is 46.8 Å². The first-order chi connectivity index (χ1) is 14.1. The Morgan fingerprint density at radius 3 is 2.66 bits per heavy atom. The summed E-state index contributed by atoms with van der Waals surface area (Å²) < 4.78 is 5.53. The molecule has 2 heterocycles. The number of carbonyl (C=O) groups is 1. The minimum absolute atomic E-state index is 0.0763. The second-order valence-corrected chi connectivity index (χ2v) is 8.10. The molecule has 2 aliphatic rings. The molecule has 156 valence electrons. The van der Waals surface area contributed by atoms with Crippen LogP contribution >= 0.6 is 0 Å². The summed E-state index contributed by atoms with van der Waals surface area (Å²) in [5, 5.41) is 10.5. The molecule has 1 saturated heterocycles. The second kappa shape index (κ2) is 8.97. The number of nitrogens with one attached hydrogen (secondary N) is 2. The Morgan fingerprint density at radius 1 is 1.21 bits per heavy atom. The number of anilines is 1. The molecular formula is C22H31N5O2. The third kappa shape index (κ3) is 4.46. The first-order valence-corrected chi connectivity index (χ1v) is 10.6. The number of fused-ring (bicyclic) bond motifs is 1. The van der Waals surface area contributed by atoms with Crippen LogP contribution in [0.3, 0.4) is 0 Å². The zero-order valence-corrected chi connectivity index (χ0v) is 17.4. The fourth-order valence-corrected chi connectivity index (χ4v) is 4.28. The van der Waals surface area contributed by atoms with E-state index in [1.165, 1.54) is 11.3 Å². The molecule has 7 nitrogen and oxygen atoms in total. The van der Waals surface area contributed by atoms with Crippen molar-refractivity contribution >= 4 is 11.6 Å². The van der Waals surface area contributed by atoms with E-state index < -0.39 is 0 Å². The van der Waals surface area contributed by atoms with Gasteiger partial charge in [-0.3, -0.25) is 14.8 Å². The quantitative estimate of drug-likeness (QED) is 0.781. The molecule has 1 fully saturated rings. The Labute approximate surface area is 172 Å². The highest BCUT2D eigenvalue weighted by Gasteiger charge is 2.26. The number of aromatic amines is 1.